The number of para-hydroxylation sites is 2. The highest BCUT2D eigenvalue weighted by Crippen LogP contribution is 2.30. The van der Waals surface area contributed by atoms with Gasteiger partial charge in [-0.25, -0.2) is 9.98 Å². The lowest BCUT2D eigenvalue weighted by Gasteiger charge is -2.14. The molecular formula is C20H28N4O2. The molecule has 0 atom stereocenters. The van der Waals surface area contributed by atoms with Crippen LogP contribution in [0, 0.1) is 0 Å². The first-order valence-corrected chi connectivity index (χ1v) is 9.01. The summed E-state index contributed by atoms with van der Waals surface area (Å²) in [6.45, 7) is 10.1. The van der Waals surface area contributed by atoms with Crippen LogP contribution in [-0.2, 0) is 6.54 Å². The fourth-order valence-electron chi connectivity index (χ4n) is 2.25. The molecule has 0 aliphatic carbocycles. The number of benzene rings is 1. The third kappa shape index (κ3) is 6.27. The quantitative estimate of drug-likeness (QED) is 0.557. The summed E-state index contributed by atoms with van der Waals surface area (Å²) in [5.74, 6) is 2.69. The molecule has 2 rings (SSSR count). The fraction of sp³-hybridized carbons (Fsp3) is 0.400. The van der Waals surface area contributed by atoms with Gasteiger partial charge in [-0.05, 0) is 45.4 Å². The van der Waals surface area contributed by atoms with Crippen LogP contribution in [0.1, 0.15) is 33.3 Å². The van der Waals surface area contributed by atoms with Crippen LogP contribution in [-0.4, -0.2) is 30.1 Å². The number of nitrogens with zero attached hydrogens (tertiary/aromatic N) is 2. The third-order valence-corrected chi connectivity index (χ3v) is 3.35. The molecule has 140 valence electrons. The lowest BCUT2D eigenvalue weighted by atomic mass is 10.3. The van der Waals surface area contributed by atoms with Gasteiger partial charge in [-0.2, -0.15) is 0 Å². The van der Waals surface area contributed by atoms with Crippen LogP contribution in [0.15, 0.2) is 47.6 Å². The first-order chi connectivity index (χ1) is 12.6. The minimum Gasteiger partial charge on any atom is -0.490 e. The summed E-state index contributed by atoms with van der Waals surface area (Å²) in [7, 11) is 0. The molecule has 0 aliphatic rings. The summed E-state index contributed by atoms with van der Waals surface area (Å²) in [4.78, 5) is 8.94. The van der Waals surface area contributed by atoms with Crippen LogP contribution in [0.3, 0.4) is 0 Å². The van der Waals surface area contributed by atoms with Crippen molar-refractivity contribution in [2.75, 3.05) is 13.2 Å². The van der Waals surface area contributed by atoms with Crippen LogP contribution in [0.25, 0.3) is 0 Å². The highest BCUT2D eigenvalue weighted by atomic mass is 16.5. The Hall–Kier alpha value is -2.76. The van der Waals surface area contributed by atoms with Crippen molar-refractivity contribution < 1.29 is 9.47 Å². The molecule has 2 aromatic rings. The molecule has 0 radical (unpaired) electrons. The summed E-state index contributed by atoms with van der Waals surface area (Å²) in [5.41, 5.74) is 1.01. The zero-order valence-electron chi connectivity index (χ0n) is 16.0. The van der Waals surface area contributed by atoms with Gasteiger partial charge in [0.2, 0.25) is 5.88 Å². The predicted octanol–water partition coefficient (Wildman–Crippen LogP) is 3.74. The van der Waals surface area contributed by atoms with Crippen molar-refractivity contribution in [2.24, 2.45) is 4.99 Å². The topological polar surface area (TPSA) is 67.8 Å². The van der Waals surface area contributed by atoms with E-state index in [1.807, 2.05) is 50.2 Å². The molecule has 6 nitrogen and oxygen atoms in total. The van der Waals surface area contributed by atoms with Gasteiger partial charge in [0, 0.05) is 24.8 Å². The maximum atomic E-state index is 5.84. The van der Waals surface area contributed by atoms with Gasteiger partial charge in [0.05, 0.1) is 13.2 Å². The van der Waals surface area contributed by atoms with Crippen molar-refractivity contribution in [1.82, 2.24) is 15.6 Å². The Bertz CT molecular complexity index is 699. The number of ether oxygens (including phenoxy) is 2. The van der Waals surface area contributed by atoms with Crippen molar-refractivity contribution in [3.63, 3.8) is 0 Å². The number of aromatic nitrogens is 1. The van der Waals surface area contributed by atoms with E-state index in [4.69, 9.17) is 9.47 Å². The maximum absolute atomic E-state index is 5.84. The Kier molecular flexibility index (Phi) is 7.74. The van der Waals surface area contributed by atoms with E-state index in [9.17, 15) is 0 Å². The average Bonchev–Trinajstić information content (AvgIpc) is 2.62. The second-order valence-electron chi connectivity index (χ2n) is 5.98. The lowest BCUT2D eigenvalue weighted by molar-refractivity contribution is 0.319. The van der Waals surface area contributed by atoms with Gasteiger partial charge in [-0.1, -0.05) is 18.2 Å². The Morgan fingerprint density at radius 1 is 1.12 bits per heavy atom. The summed E-state index contributed by atoms with van der Waals surface area (Å²) in [6.07, 6.45) is 1.78. The lowest BCUT2D eigenvalue weighted by Crippen LogP contribution is -2.40. The summed E-state index contributed by atoms with van der Waals surface area (Å²) < 4.78 is 11.4. The Balaban J connectivity index is 2.02. The molecule has 26 heavy (non-hydrogen) atoms. The minimum absolute atomic E-state index is 0.326. The summed E-state index contributed by atoms with van der Waals surface area (Å²) >= 11 is 0. The molecule has 0 aliphatic heterocycles. The van der Waals surface area contributed by atoms with Crippen molar-refractivity contribution >= 4 is 5.96 Å². The molecule has 1 aromatic heterocycles. The van der Waals surface area contributed by atoms with Gasteiger partial charge < -0.3 is 20.1 Å². The van der Waals surface area contributed by atoms with Gasteiger partial charge in [-0.15, -0.1) is 0 Å². The van der Waals surface area contributed by atoms with E-state index < -0.39 is 0 Å². The number of pyridine rings is 1. The number of hydrogen-bond acceptors (Lipinski definition) is 4. The van der Waals surface area contributed by atoms with Gasteiger partial charge in [0.1, 0.15) is 0 Å². The van der Waals surface area contributed by atoms with E-state index in [-0.39, 0.29) is 0 Å². The largest absolute Gasteiger partial charge is 0.490 e. The number of guanidine groups is 1. The SMILES string of the molecule is CCNC(=NCc1ccc(Oc2ccccc2OCC)nc1)NC(C)C. The van der Waals surface area contributed by atoms with E-state index >= 15 is 0 Å². The van der Waals surface area contributed by atoms with Crippen LogP contribution in [0.5, 0.6) is 17.4 Å². The van der Waals surface area contributed by atoms with Gasteiger partial charge in [-0.3, -0.25) is 0 Å². The summed E-state index contributed by atoms with van der Waals surface area (Å²) in [6, 6.07) is 11.7. The zero-order valence-corrected chi connectivity index (χ0v) is 16.0. The normalized spacial score (nSPS) is 11.3. The molecule has 1 aromatic carbocycles. The second-order valence-corrected chi connectivity index (χ2v) is 5.98. The molecular weight excluding hydrogens is 328 g/mol. The highest BCUT2D eigenvalue weighted by molar-refractivity contribution is 5.79. The standard InChI is InChI=1S/C20H28N4O2/c1-5-21-20(24-15(3)4)23-14-16-11-12-19(22-13-16)26-18-10-8-7-9-17(18)25-6-2/h7-13,15H,5-6,14H2,1-4H3,(H2,21,23,24). The zero-order chi connectivity index (χ0) is 18.8. The molecule has 0 saturated carbocycles. The van der Waals surface area contributed by atoms with E-state index in [0.29, 0.717) is 36.6 Å². The molecule has 1 heterocycles. The Morgan fingerprint density at radius 2 is 1.88 bits per heavy atom. The van der Waals surface area contributed by atoms with Crippen LogP contribution in [0.2, 0.25) is 0 Å². The smallest absolute Gasteiger partial charge is 0.219 e. The van der Waals surface area contributed by atoms with Crippen LogP contribution >= 0.6 is 0 Å². The van der Waals surface area contributed by atoms with Gasteiger partial charge in [0.15, 0.2) is 17.5 Å². The van der Waals surface area contributed by atoms with Gasteiger partial charge in [0.25, 0.3) is 0 Å². The molecule has 0 fully saturated rings. The van der Waals surface area contributed by atoms with E-state index in [2.05, 4.69) is 34.5 Å². The number of hydrogen-bond donors (Lipinski definition) is 2. The minimum atomic E-state index is 0.326. The van der Waals surface area contributed by atoms with E-state index in [1.165, 1.54) is 0 Å². The van der Waals surface area contributed by atoms with E-state index in [0.717, 1.165) is 18.1 Å². The highest BCUT2D eigenvalue weighted by Gasteiger charge is 2.06. The molecule has 2 N–H and O–H groups in total. The number of nitrogens with one attached hydrogen (secondary N) is 2. The maximum Gasteiger partial charge on any atom is 0.219 e. The van der Waals surface area contributed by atoms with Crippen molar-refractivity contribution in [3.05, 3.63) is 48.2 Å². The third-order valence-electron chi connectivity index (χ3n) is 3.35. The van der Waals surface area contributed by atoms with E-state index in [1.54, 1.807) is 6.20 Å². The molecule has 0 saturated heterocycles. The molecule has 0 bridgehead atoms. The van der Waals surface area contributed by atoms with Crippen molar-refractivity contribution in [2.45, 2.75) is 40.3 Å². The first-order valence-electron chi connectivity index (χ1n) is 9.01. The first kappa shape index (κ1) is 19.6. The van der Waals surface area contributed by atoms with Crippen LogP contribution < -0.4 is 20.1 Å². The second kappa shape index (κ2) is 10.3. The van der Waals surface area contributed by atoms with Crippen LogP contribution in [0.4, 0.5) is 0 Å². The molecule has 6 heteroatoms. The Morgan fingerprint density at radius 3 is 2.50 bits per heavy atom. The average molecular weight is 356 g/mol. The summed E-state index contributed by atoms with van der Waals surface area (Å²) in [5, 5.41) is 6.52. The van der Waals surface area contributed by atoms with Crippen molar-refractivity contribution in [1.29, 1.82) is 0 Å². The monoisotopic (exact) mass is 356 g/mol. The molecule has 0 spiro atoms. The molecule has 0 unspecified atom stereocenters. The van der Waals surface area contributed by atoms with Gasteiger partial charge >= 0.3 is 0 Å². The molecule has 0 amide bonds. The Labute approximate surface area is 155 Å². The predicted molar refractivity (Wildman–Crippen MR) is 105 cm³/mol. The van der Waals surface area contributed by atoms with Crippen molar-refractivity contribution in [3.8, 4) is 17.4 Å². The number of rotatable bonds is 8. The number of aliphatic imine (C=N–C) groups is 1. The fourth-order valence-corrected chi connectivity index (χ4v) is 2.25.